The van der Waals surface area contributed by atoms with Crippen LogP contribution in [0.5, 0.6) is 0 Å². The van der Waals surface area contributed by atoms with Crippen molar-refractivity contribution in [1.29, 1.82) is 0 Å². The lowest BCUT2D eigenvalue weighted by Crippen LogP contribution is -2.32. The highest BCUT2D eigenvalue weighted by Gasteiger charge is 2.34. The quantitative estimate of drug-likeness (QED) is 0.853. The maximum absolute atomic E-state index is 12.3. The second-order valence-electron chi connectivity index (χ2n) is 6.11. The minimum atomic E-state index is -0.336. The minimum Gasteiger partial charge on any atom is -0.326 e. The molecular formula is C20H20N2O3. The van der Waals surface area contributed by atoms with E-state index in [9.17, 15) is 14.4 Å². The van der Waals surface area contributed by atoms with Crippen molar-refractivity contribution in [2.45, 2.75) is 26.7 Å². The highest BCUT2D eigenvalue weighted by atomic mass is 16.2. The van der Waals surface area contributed by atoms with E-state index in [-0.39, 0.29) is 30.7 Å². The molecule has 2 aromatic rings. The van der Waals surface area contributed by atoms with Crippen LogP contribution < -0.4 is 5.32 Å². The number of hydrogen-bond donors (Lipinski definition) is 1. The lowest BCUT2D eigenvalue weighted by molar-refractivity contribution is -0.116. The number of anilines is 1. The molecule has 0 aromatic heterocycles. The van der Waals surface area contributed by atoms with Gasteiger partial charge >= 0.3 is 0 Å². The molecule has 0 saturated carbocycles. The van der Waals surface area contributed by atoms with E-state index in [4.69, 9.17) is 0 Å². The molecule has 0 bridgehead atoms. The first-order chi connectivity index (χ1) is 12.0. The van der Waals surface area contributed by atoms with Crippen molar-refractivity contribution in [3.8, 4) is 0 Å². The van der Waals surface area contributed by atoms with Gasteiger partial charge in [0.2, 0.25) is 5.91 Å². The number of imide groups is 1. The van der Waals surface area contributed by atoms with E-state index >= 15 is 0 Å². The van der Waals surface area contributed by atoms with Crippen LogP contribution in [-0.4, -0.2) is 29.2 Å². The van der Waals surface area contributed by atoms with E-state index in [0.29, 0.717) is 11.1 Å². The number of carbonyl (C=O) groups excluding carboxylic acids is 3. The summed E-state index contributed by atoms with van der Waals surface area (Å²) in [5.74, 6) is -0.886. The smallest absolute Gasteiger partial charge is 0.261 e. The van der Waals surface area contributed by atoms with E-state index in [2.05, 4.69) is 12.2 Å². The van der Waals surface area contributed by atoms with E-state index in [1.54, 1.807) is 24.3 Å². The van der Waals surface area contributed by atoms with Gasteiger partial charge in [-0.3, -0.25) is 19.3 Å². The predicted molar refractivity (Wildman–Crippen MR) is 95.6 cm³/mol. The Morgan fingerprint density at radius 2 is 1.68 bits per heavy atom. The van der Waals surface area contributed by atoms with Gasteiger partial charge in [-0.05, 0) is 42.7 Å². The number of carbonyl (C=O) groups is 3. The number of benzene rings is 2. The molecule has 5 nitrogen and oxygen atoms in total. The fraction of sp³-hybridized carbons (Fsp3) is 0.250. The van der Waals surface area contributed by atoms with Gasteiger partial charge in [0.1, 0.15) is 0 Å². The van der Waals surface area contributed by atoms with Crippen molar-refractivity contribution in [2.75, 3.05) is 11.9 Å². The number of aryl methyl sites for hydroxylation is 2. The molecule has 0 unspecified atom stereocenters. The zero-order valence-electron chi connectivity index (χ0n) is 14.3. The topological polar surface area (TPSA) is 66.5 Å². The monoisotopic (exact) mass is 336 g/mol. The largest absolute Gasteiger partial charge is 0.326 e. The highest BCUT2D eigenvalue weighted by Crippen LogP contribution is 2.23. The summed E-state index contributed by atoms with van der Waals surface area (Å²) in [4.78, 5) is 38.0. The molecule has 2 aromatic carbocycles. The predicted octanol–water partition coefficient (Wildman–Crippen LogP) is 3.18. The van der Waals surface area contributed by atoms with Crippen molar-refractivity contribution < 1.29 is 14.4 Å². The van der Waals surface area contributed by atoms with E-state index in [1.807, 2.05) is 25.1 Å². The first-order valence-electron chi connectivity index (χ1n) is 8.36. The Kier molecular flexibility index (Phi) is 4.65. The number of fused-ring (bicyclic) bond motifs is 1. The lowest BCUT2D eigenvalue weighted by atomic mass is 10.1. The Bertz CT molecular complexity index is 823. The zero-order chi connectivity index (χ0) is 18.0. The summed E-state index contributed by atoms with van der Waals surface area (Å²) in [6.45, 7) is 4.06. The molecule has 0 saturated heterocycles. The normalized spacial score (nSPS) is 13.1. The first-order valence-corrected chi connectivity index (χ1v) is 8.36. The van der Waals surface area contributed by atoms with Gasteiger partial charge in [0.05, 0.1) is 11.1 Å². The van der Waals surface area contributed by atoms with Gasteiger partial charge < -0.3 is 5.32 Å². The Morgan fingerprint density at radius 3 is 2.28 bits per heavy atom. The van der Waals surface area contributed by atoms with Gasteiger partial charge in [0.15, 0.2) is 0 Å². The molecule has 0 fully saturated rings. The molecular weight excluding hydrogens is 316 g/mol. The average Bonchev–Trinajstić information content (AvgIpc) is 2.86. The molecule has 3 rings (SSSR count). The van der Waals surface area contributed by atoms with Crippen molar-refractivity contribution >= 4 is 23.4 Å². The summed E-state index contributed by atoms with van der Waals surface area (Å²) in [5.41, 5.74) is 3.69. The summed E-state index contributed by atoms with van der Waals surface area (Å²) in [7, 11) is 0. The Labute approximate surface area is 146 Å². The van der Waals surface area contributed by atoms with Crippen LogP contribution in [0.25, 0.3) is 0 Å². The third kappa shape index (κ3) is 3.31. The number of nitrogens with zero attached hydrogens (tertiary/aromatic N) is 1. The standard InChI is InChI=1S/C20H20N2O3/c1-3-14-9-8-13(2)17(12-14)21-18(23)10-11-22-19(24)15-6-4-5-7-16(15)20(22)25/h4-9,12H,3,10-11H2,1-2H3,(H,21,23). The van der Waals surface area contributed by atoms with Crippen LogP contribution in [0.4, 0.5) is 5.69 Å². The Balaban J connectivity index is 1.64. The third-order valence-electron chi connectivity index (χ3n) is 4.42. The zero-order valence-corrected chi connectivity index (χ0v) is 14.3. The van der Waals surface area contributed by atoms with Gasteiger partial charge in [-0.1, -0.05) is 31.2 Å². The van der Waals surface area contributed by atoms with Crippen molar-refractivity contribution in [2.24, 2.45) is 0 Å². The summed E-state index contributed by atoms with van der Waals surface area (Å²) in [6.07, 6.45) is 0.958. The van der Waals surface area contributed by atoms with Crippen molar-refractivity contribution in [3.63, 3.8) is 0 Å². The molecule has 3 amide bonds. The fourth-order valence-electron chi connectivity index (χ4n) is 2.89. The molecule has 0 spiro atoms. The Hall–Kier alpha value is -2.95. The van der Waals surface area contributed by atoms with Crippen molar-refractivity contribution in [3.05, 3.63) is 64.7 Å². The molecule has 0 radical (unpaired) electrons. The molecule has 1 aliphatic rings. The Morgan fingerprint density at radius 1 is 1.04 bits per heavy atom. The molecule has 128 valence electrons. The maximum atomic E-state index is 12.3. The minimum absolute atomic E-state index is 0.0707. The summed E-state index contributed by atoms with van der Waals surface area (Å²) < 4.78 is 0. The van der Waals surface area contributed by atoms with Crippen LogP contribution in [0, 0.1) is 6.92 Å². The van der Waals surface area contributed by atoms with Crippen LogP contribution >= 0.6 is 0 Å². The van der Waals surface area contributed by atoms with Crippen LogP contribution in [0.3, 0.4) is 0 Å². The number of hydrogen-bond acceptors (Lipinski definition) is 3. The van der Waals surface area contributed by atoms with Gasteiger partial charge in [0.25, 0.3) is 11.8 Å². The maximum Gasteiger partial charge on any atom is 0.261 e. The van der Waals surface area contributed by atoms with Crippen LogP contribution in [0.15, 0.2) is 42.5 Å². The SMILES string of the molecule is CCc1ccc(C)c(NC(=O)CCN2C(=O)c3ccccc3C2=O)c1. The lowest BCUT2D eigenvalue weighted by Gasteiger charge is -2.14. The molecule has 0 aliphatic carbocycles. The van der Waals surface area contributed by atoms with Crippen LogP contribution in [0.2, 0.25) is 0 Å². The van der Waals surface area contributed by atoms with E-state index in [0.717, 1.165) is 28.1 Å². The second kappa shape index (κ2) is 6.89. The van der Waals surface area contributed by atoms with Crippen molar-refractivity contribution in [1.82, 2.24) is 4.90 Å². The number of amides is 3. The van der Waals surface area contributed by atoms with Gasteiger partial charge in [-0.25, -0.2) is 0 Å². The highest BCUT2D eigenvalue weighted by molar-refractivity contribution is 6.21. The van der Waals surface area contributed by atoms with E-state index in [1.165, 1.54) is 0 Å². The number of nitrogens with one attached hydrogen (secondary N) is 1. The number of rotatable bonds is 5. The van der Waals surface area contributed by atoms with Crippen LogP contribution in [-0.2, 0) is 11.2 Å². The van der Waals surface area contributed by atoms with E-state index < -0.39 is 0 Å². The first kappa shape index (κ1) is 16.9. The molecule has 5 heteroatoms. The molecule has 0 atom stereocenters. The van der Waals surface area contributed by atoms with Gasteiger partial charge in [-0.2, -0.15) is 0 Å². The fourth-order valence-corrected chi connectivity index (χ4v) is 2.89. The second-order valence-corrected chi connectivity index (χ2v) is 6.11. The van der Waals surface area contributed by atoms with Gasteiger partial charge in [0, 0.05) is 18.7 Å². The molecule has 1 heterocycles. The van der Waals surface area contributed by atoms with Crippen LogP contribution in [0.1, 0.15) is 45.2 Å². The summed E-state index contributed by atoms with van der Waals surface area (Å²) in [6, 6.07) is 12.7. The third-order valence-corrected chi connectivity index (χ3v) is 4.42. The molecule has 25 heavy (non-hydrogen) atoms. The average molecular weight is 336 g/mol. The summed E-state index contributed by atoms with van der Waals surface area (Å²) in [5, 5.41) is 2.87. The molecule has 1 aliphatic heterocycles. The molecule has 1 N–H and O–H groups in total. The van der Waals surface area contributed by atoms with Gasteiger partial charge in [-0.15, -0.1) is 0 Å². The summed E-state index contributed by atoms with van der Waals surface area (Å²) >= 11 is 0.